The monoisotopic (exact) mass is 316 g/mol. The number of rotatable bonds is 1. The van der Waals surface area contributed by atoms with Gasteiger partial charge in [0.1, 0.15) is 11.7 Å². The third-order valence-corrected chi connectivity index (χ3v) is 6.74. The van der Waals surface area contributed by atoms with Crippen molar-refractivity contribution in [3.8, 4) is 0 Å². The summed E-state index contributed by atoms with van der Waals surface area (Å²) in [7, 11) is 0. The maximum absolute atomic E-state index is 11.6. The predicted octanol–water partition coefficient (Wildman–Crippen LogP) is 3.36. The van der Waals surface area contributed by atoms with Crippen molar-refractivity contribution in [2.45, 2.75) is 83.2 Å². The van der Waals surface area contributed by atoms with Crippen molar-refractivity contribution in [2.75, 3.05) is 0 Å². The van der Waals surface area contributed by atoms with Gasteiger partial charge < -0.3 is 14.9 Å². The van der Waals surface area contributed by atoms with Crippen molar-refractivity contribution < 1.29 is 14.9 Å². The van der Waals surface area contributed by atoms with Crippen molar-refractivity contribution >= 4 is 0 Å². The molecular formula is C20H28O3. The molecule has 1 saturated carbocycles. The fourth-order valence-electron chi connectivity index (χ4n) is 5.78. The van der Waals surface area contributed by atoms with Gasteiger partial charge in [0.2, 0.25) is 0 Å². The van der Waals surface area contributed by atoms with Crippen LogP contribution in [-0.2, 0) is 11.2 Å². The largest absolute Gasteiger partial charge is 0.391 e. The Labute approximate surface area is 138 Å². The van der Waals surface area contributed by atoms with E-state index in [0.717, 1.165) is 38.5 Å². The molecule has 1 saturated heterocycles. The highest BCUT2D eigenvalue weighted by Gasteiger charge is 2.68. The third kappa shape index (κ3) is 1.93. The lowest BCUT2D eigenvalue weighted by atomic mass is 9.54. The average Bonchev–Trinajstić information content (AvgIpc) is 2.77. The van der Waals surface area contributed by atoms with Gasteiger partial charge in [0.05, 0.1) is 12.2 Å². The second-order valence-electron chi connectivity index (χ2n) is 8.11. The summed E-state index contributed by atoms with van der Waals surface area (Å²) in [4.78, 5) is 0. The van der Waals surface area contributed by atoms with Crippen LogP contribution < -0.4 is 0 Å². The molecule has 0 bridgehead atoms. The molecule has 1 aromatic carbocycles. The van der Waals surface area contributed by atoms with Crippen molar-refractivity contribution in [1.29, 1.82) is 0 Å². The molecule has 0 amide bonds. The fraction of sp³-hybridized carbons (Fsp3) is 0.700. The lowest BCUT2D eigenvalue weighted by Crippen LogP contribution is -2.57. The Morgan fingerprint density at radius 3 is 2.65 bits per heavy atom. The number of aliphatic hydroxyl groups excluding tert-OH is 1. The van der Waals surface area contributed by atoms with E-state index in [2.05, 4.69) is 26.0 Å². The molecular weight excluding hydrogens is 288 g/mol. The van der Waals surface area contributed by atoms with E-state index < -0.39 is 17.8 Å². The van der Waals surface area contributed by atoms with E-state index in [9.17, 15) is 10.2 Å². The van der Waals surface area contributed by atoms with Crippen LogP contribution >= 0.6 is 0 Å². The molecule has 3 nitrogen and oxygen atoms in total. The number of hydrogen-bond acceptors (Lipinski definition) is 3. The molecule has 3 heteroatoms. The van der Waals surface area contributed by atoms with Crippen molar-refractivity contribution in [2.24, 2.45) is 5.41 Å². The van der Waals surface area contributed by atoms with Gasteiger partial charge in [0.25, 0.3) is 0 Å². The minimum Gasteiger partial charge on any atom is -0.391 e. The topological polar surface area (TPSA) is 49.7 Å². The smallest absolute Gasteiger partial charge is 0.113 e. The Kier molecular flexibility index (Phi) is 3.43. The molecule has 2 fully saturated rings. The Morgan fingerprint density at radius 2 is 1.91 bits per heavy atom. The SMILES string of the molecule is Cc1cc(C)c2c(c1)[C@H]1O[C@@H]([C@H](C)O)[C@]3(O)CCCC[C@]13CC2. The molecule has 1 aromatic rings. The van der Waals surface area contributed by atoms with Crippen LogP contribution in [-0.4, -0.2) is 28.0 Å². The van der Waals surface area contributed by atoms with Crippen LogP contribution in [0, 0.1) is 19.3 Å². The van der Waals surface area contributed by atoms with Gasteiger partial charge in [0.15, 0.2) is 0 Å². The first-order chi connectivity index (χ1) is 10.9. The van der Waals surface area contributed by atoms with E-state index in [1.807, 2.05) is 0 Å². The minimum atomic E-state index is -0.889. The van der Waals surface area contributed by atoms with E-state index in [0.29, 0.717) is 0 Å². The molecule has 1 heterocycles. The summed E-state index contributed by atoms with van der Waals surface area (Å²) in [5, 5.41) is 21.9. The number of ether oxygens (including phenoxy) is 1. The van der Waals surface area contributed by atoms with Crippen LogP contribution in [0.1, 0.15) is 67.4 Å². The van der Waals surface area contributed by atoms with Crippen LogP contribution in [0.3, 0.4) is 0 Å². The number of hydrogen-bond donors (Lipinski definition) is 2. The van der Waals surface area contributed by atoms with Crippen LogP contribution in [0.4, 0.5) is 0 Å². The van der Waals surface area contributed by atoms with Crippen LogP contribution in [0.2, 0.25) is 0 Å². The van der Waals surface area contributed by atoms with Crippen molar-refractivity contribution in [3.05, 3.63) is 34.4 Å². The zero-order valence-corrected chi connectivity index (χ0v) is 14.4. The number of fused-ring (bicyclic) bond motifs is 2. The summed E-state index contributed by atoms with van der Waals surface area (Å²) in [6, 6.07) is 4.48. The molecule has 2 N–H and O–H groups in total. The highest BCUT2D eigenvalue weighted by atomic mass is 16.5. The molecule has 126 valence electrons. The van der Waals surface area contributed by atoms with E-state index in [4.69, 9.17) is 4.74 Å². The lowest BCUT2D eigenvalue weighted by molar-refractivity contribution is -0.139. The molecule has 1 spiro atoms. The number of aliphatic hydroxyl groups is 2. The molecule has 0 unspecified atom stereocenters. The first-order valence-electron chi connectivity index (χ1n) is 9.05. The Hall–Kier alpha value is -0.900. The Bertz CT molecular complexity index is 638. The van der Waals surface area contributed by atoms with Gasteiger partial charge in [-0.15, -0.1) is 0 Å². The predicted molar refractivity (Wildman–Crippen MR) is 89.4 cm³/mol. The van der Waals surface area contributed by atoms with Gasteiger partial charge in [-0.05, 0) is 63.1 Å². The molecule has 3 aliphatic rings. The highest BCUT2D eigenvalue weighted by Crippen LogP contribution is 2.65. The van der Waals surface area contributed by atoms with Crippen LogP contribution in [0.25, 0.3) is 0 Å². The third-order valence-electron chi connectivity index (χ3n) is 6.74. The molecule has 2 aliphatic carbocycles. The van der Waals surface area contributed by atoms with Gasteiger partial charge in [0, 0.05) is 5.41 Å². The van der Waals surface area contributed by atoms with Crippen molar-refractivity contribution in [3.63, 3.8) is 0 Å². The summed E-state index contributed by atoms with van der Waals surface area (Å²) in [5.74, 6) is 0. The van der Waals surface area contributed by atoms with Gasteiger partial charge >= 0.3 is 0 Å². The van der Waals surface area contributed by atoms with E-state index >= 15 is 0 Å². The van der Waals surface area contributed by atoms with Gasteiger partial charge in [-0.3, -0.25) is 0 Å². The van der Waals surface area contributed by atoms with Crippen LogP contribution in [0.15, 0.2) is 12.1 Å². The summed E-state index contributed by atoms with van der Waals surface area (Å²) in [5.41, 5.74) is 4.13. The molecule has 5 atom stereocenters. The van der Waals surface area contributed by atoms with E-state index in [1.165, 1.54) is 22.3 Å². The maximum atomic E-state index is 11.6. The quantitative estimate of drug-likeness (QED) is 0.835. The van der Waals surface area contributed by atoms with Crippen molar-refractivity contribution in [1.82, 2.24) is 0 Å². The first kappa shape index (κ1) is 15.6. The Balaban J connectivity index is 1.89. The zero-order valence-electron chi connectivity index (χ0n) is 14.4. The summed E-state index contributed by atoms with van der Waals surface area (Å²) in [6.45, 7) is 6.06. The number of aryl methyl sites for hydroxylation is 2. The highest BCUT2D eigenvalue weighted by molar-refractivity contribution is 5.44. The maximum Gasteiger partial charge on any atom is 0.113 e. The normalized spacial score (nSPS) is 40.2. The van der Waals surface area contributed by atoms with Crippen LogP contribution in [0.5, 0.6) is 0 Å². The molecule has 0 radical (unpaired) electrons. The summed E-state index contributed by atoms with van der Waals surface area (Å²) >= 11 is 0. The number of benzene rings is 1. The summed E-state index contributed by atoms with van der Waals surface area (Å²) in [6.07, 6.45) is 4.71. The standard InChI is InChI=1S/C20H28O3/c1-12-10-13(2)15-6-9-19-7-4-5-8-20(19,22)17(14(3)21)23-18(19)16(15)11-12/h10-11,14,17-18,21-22H,4-9H2,1-3H3/t14-,17-,18+,19-,20+/m0/s1. The summed E-state index contributed by atoms with van der Waals surface area (Å²) < 4.78 is 6.40. The fourth-order valence-corrected chi connectivity index (χ4v) is 5.78. The zero-order chi connectivity index (χ0) is 16.4. The average molecular weight is 316 g/mol. The van der Waals surface area contributed by atoms with Gasteiger partial charge in [-0.1, -0.05) is 30.5 Å². The van der Waals surface area contributed by atoms with Gasteiger partial charge in [-0.2, -0.15) is 0 Å². The second-order valence-corrected chi connectivity index (χ2v) is 8.11. The second kappa shape index (κ2) is 5.05. The first-order valence-corrected chi connectivity index (χ1v) is 9.05. The van der Waals surface area contributed by atoms with Gasteiger partial charge in [-0.25, -0.2) is 0 Å². The Morgan fingerprint density at radius 1 is 1.17 bits per heavy atom. The van der Waals surface area contributed by atoms with E-state index in [1.54, 1.807) is 6.92 Å². The minimum absolute atomic E-state index is 0.0743. The van der Waals surface area contributed by atoms with E-state index in [-0.39, 0.29) is 11.5 Å². The molecule has 23 heavy (non-hydrogen) atoms. The molecule has 1 aliphatic heterocycles. The molecule has 0 aromatic heterocycles. The molecule has 4 rings (SSSR count). The lowest BCUT2D eigenvalue weighted by Gasteiger charge is -2.51.